The number of hydrogen-bond acceptors (Lipinski definition) is 2. The minimum atomic E-state index is -0.310. The lowest BCUT2D eigenvalue weighted by Crippen LogP contribution is -2.13. The average molecular weight is 309 g/mol. The molecule has 0 unspecified atom stereocenters. The molecule has 0 fully saturated rings. The van der Waals surface area contributed by atoms with Crippen LogP contribution in [0.25, 0.3) is 5.69 Å². The Morgan fingerprint density at radius 1 is 1.17 bits per heavy atom. The molecule has 0 atom stereocenters. The van der Waals surface area contributed by atoms with Gasteiger partial charge in [-0.15, -0.1) is 0 Å². The molecule has 2 aromatic carbocycles. The monoisotopic (exact) mass is 309 g/mol. The highest BCUT2D eigenvalue weighted by atomic mass is 19.1. The van der Waals surface area contributed by atoms with Crippen LogP contribution in [-0.4, -0.2) is 15.7 Å². The molecule has 5 heteroatoms. The number of benzene rings is 2. The van der Waals surface area contributed by atoms with E-state index in [1.807, 2.05) is 24.3 Å². The third kappa shape index (κ3) is 3.45. The van der Waals surface area contributed by atoms with Crippen molar-refractivity contribution in [2.75, 3.05) is 5.32 Å². The summed E-state index contributed by atoms with van der Waals surface area (Å²) in [6.45, 7) is 2.06. The highest BCUT2D eigenvalue weighted by Crippen LogP contribution is 2.13. The lowest BCUT2D eigenvalue weighted by Gasteiger charge is -2.05. The quantitative estimate of drug-likeness (QED) is 0.796. The third-order valence-electron chi connectivity index (χ3n) is 3.51. The zero-order valence-corrected chi connectivity index (χ0v) is 12.7. The molecule has 0 saturated heterocycles. The normalized spacial score (nSPS) is 10.5. The number of nitrogens with zero attached hydrogens (tertiary/aromatic N) is 2. The van der Waals surface area contributed by atoms with Crippen LogP contribution in [0.4, 0.5) is 10.1 Å². The second-order valence-corrected chi connectivity index (χ2v) is 5.13. The lowest BCUT2D eigenvalue weighted by molar-refractivity contribution is 0.102. The Morgan fingerprint density at radius 3 is 2.70 bits per heavy atom. The zero-order valence-electron chi connectivity index (χ0n) is 12.7. The molecule has 0 aliphatic rings. The Morgan fingerprint density at radius 2 is 1.96 bits per heavy atom. The predicted molar refractivity (Wildman–Crippen MR) is 87.3 cm³/mol. The molecule has 3 aromatic rings. The van der Waals surface area contributed by atoms with Crippen LogP contribution in [0.5, 0.6) is 0 Å². The van der Waals surface area contributed by atoms with Gasteiger partial charge in [-0.1, -0.05) is 19.1 Å². The minimum absolute atomic E-state index is 0.279. The number of carbonyl (C=O) groups excluding carboxylic acids is 1. The van der Waals surface area contributed by atoms with Gasteiger partial charge in [0.25, 0.3) is 5.91 Å². The third-order valence-corrected chi connectivity index (χ3v) is 3.51. The van der Waals surface area contributed by atoms with Crippen LogP contribution in [0.1, 0.15) is 23.0 Å². The Kier molecular flexibility index (Phi) is 4.19. The SMILES string of the molecule is CCc1cccc(NC(=O)c2ccn(-c3ccc(F)cc3)n2)c1. The van der Waals surface area contributed by atoms with E-state index in [1.165, 1.54) is 16.8 Å². The Balaban J connectivity index is 1.76. The molecule has 0 aliphatic carbocycles. The summed E-state index contributed by atoms with van der Waals surface area (Å²) in [4.78, 5) is 12.3. The number of halogens is 1. The van der Waals surface area contributed by atoms with E-state index < -0.39 is 0 Å². The Hall–Kier alpha value is -2.95. The van der Waals surface area contributed by atoms with Gasteiger partial charge in [0.15, 0.2) is 5.69 Å². The molecule has 0 spiro atoms. The summed E-state index contributed by atoms with van der Waals surface area (Å²) in [6.07, 6.45) is 2.58. The fourth-order valence-electron chi connectivity index (χ4n) is 2.25. The van der Waals surface area contributed by atoms with Gasteiger partial charge in [-0.25, -0.2) is 9.07 Å². The zero-order chi connectivity index (χ0) is 16.2. The number of hydrogen-bond donors (Lipinski definition) is 1. The van der Waals surface area contributed by atoms with E-state index in [4.69, 9.17) is 0 Å². The van der Waals surface area contributed by atoms with Gasteiger partial charge in [0.05, 0.1) is 5.69 Å². The van der Waals surface area contributed by atoms with Crippen molar-refractivity contribution < 1.29 is 9.18 Å². The number of nitrogens with one attached hydrogen (secondary N) is 1. The molecule has 1 heterocycles. The number of anilines is 1. The van der Waals surface area contributed by atoms with Crippen molar-refractivity contribution in [2.45, 2.75) is 13.3 Å². The molecule has 0 bridgehead atoms. The fourth-order valence-corrected chi connectivity index (χ4v) is 2.25. The summed E-state index contributed by atoms with van der Waals surface area (Å²) in [5, 5.41) is 7.06. The highest BCUT2D eigenvalue weighted by Gasteiger charge is 2.10. The molecule has 3 rings (SSSR count). The molecule has 23 heavy (non-hydrogen) atoms. The van der Waals surface area contributed by atoms with Gasteiger partial charge < -0.3 is 5.32 Å². The van der Waals surface area contributed by atoms with E-state index in [-0.39, 0.29) is 11.7 Å². The number of amides is 1. The maximum Gasteiger partial charge on any atom is 0.276 e. The summed E-state index contributed by atoms with van der Waals surface area (Å²) < 4.78 is 14.5. The van der Waals surface area contributed by atoms with E-state index in [0.29, 0.717) is 11.4 Å². The first-order valence-corrected chi connectivity index (χ1v) is 7.37. The molecule has 1 aromatic heterocycles. The van der Waals surface area contributed by atoms with Gasteiger partial charge in [0.2, 0.25) is 0 Å². The molecule has 0 aliphatic heterocycles. The molecular weight excluding hydrogens is 293 g/mol. The van der Waals surface area contributed by atoms with E-state index in [9.17, 15) is 9.18 Å². The number of aromatic nitrogens is 2. The van der Waals surface area contributed by atoms with Crippen LogP contribution in [0.15, 0.2) is 60.8 Å². The Labute approximate surface area is 133 Å². The molecule has 116 valence electrons. The average Bonchev–Trinajstić information content (AvgIpc) is 3.06. The first kappa shape index (κ1) is 15.0. The summed E-state index contributed by atoms with van der Waals surface area (Å²) in [5.74, 6) is -0.589. The molecule has 0 radical (unpaired) electrons. The number of aryl methyl sites for hydroxylation is 1. The lowest BCUT2D eigenvalue weighted by atomic mass is 10.1. The first-order chi connectivity index (χ1) is 11.2. The van der Waals surface area contributed by atoms with Crippen LogP contribution in [0, 0.1) is 5.82 Å². The summed E-state index contributed by atoms with van der Waals surface area (Å²) >= 11 is 0. The second kappa shape index (κ2) is 6.44. The van der Waals surface area contributed by atoms with Crippen molar-refractivity contribution in [3.8, 4) is 5.69 Å². The van der Waals surface area contributed by atoms with Crippen LogP contribution in [-0.2, 0) is 6.42 Å². The van der Waals surface area contributed by atoms with E-state index in [1.54, 1.807) is 24.4 Å². The predicted octanol–water partition coefficient (Wildman–Crippen LogP) is 3.83. The Bertz CT molecular complexity index is 824. The molecule has 1 amide bonds. The van der Waals surface area contributed by atoms with Gasteiger partial charge >= 0.3 is 0 Å². The van der Waals surface area contributed by atoms with Gasteiger partial charge in [-0.2, -0.15) is 5.10 Å². The van der Waals surface area contributed by atoms with Crippen molar-refractivity contribution in [1.29, 1.82) is 0 Å². The van der Waals surface area contributed by atoms with Crippen molar-refractivity contribution >= 4 is 11.6 Å². The fraction of sp³-hybridized carbons (Fsp3) is 0.111. The van der Waals surface area contributed by atoms with Crippen molar-refractivity contribution in [2.24, 2.45) is 0 Å². The first-order valence-electron chi connectivity index (χ1n) is 7.37. The van der Waals surface area contributed by atoms with Crippen molar-refractivity contribution in [3.05, 3.63) is 77.9 Å². The maximum absolute atomic E-state index is 12.9. The number of rotatable bonds is 4. The van der Waals surface area contributed by atoms with Gasteiger partial charge in [0.1, 0.15) is 5.82 Å². The van der Waals surface area contributed by atoms with Gasteiger partial charge in [-0.05, 0) is 54.4 Å². The van der Waals surface area contributed by atoms with Crippen LogP contribution < -0.4 is 5.32 Å². The van der Waals surface area contributed by atoms with Gasteiger partial charge in [-0.3, -0.25) is 4.79 Å². The van der Waals surface area contributed by atoms with Crippen molar-refractivity contribution in [3.63, 3.8) is 0 Å². The molecule has 0 saturated carbocycles. The summed E-state index contributed by atoms with van der Waals surface area (Å²) in [5.41, 5.74) is 2.89. The standard InChI is InChI=1S/C18H16FN3O/c1-2-13-4-3-5-15(12-13)20-18(23)17-10-11-22(21-17)16-8-6-14(19)7-9-16/h3-12H,2H2,1H3,(H,20,23). The van der Waals surface area contributed by atoms with Gasteiger partial charge in [0, 0.05) is 11.9 Å². The maximum atomic E-state index is 12.9. The molecular formula is C18H16FN3O. The number of carbonyl (C=O) groups is 1. The van der Waals surface area contributed by atoms with E-state index in [2.05, 4.69) is 17.3 Å². The summed E-state index contributed by atoms with van der Waals surface area (Å²) in [6, 6.07) is 15.2. The van der Waals surface area contributed by atoms with Crippen LogP contribution >= 0.6 is 0 Å². The topological polar surface area (TPSA) is 46.9 Å². The molecule has 1 N–H and O–H groups in total. The smallest absolute Gasteiger partial charge is 0.276 e. The summed E-state index contributed by atoms with van der Waals surface area (Å²) in [7, 11) is 0. The van der Waals surface area contributed by atoms with E-state index >= 15 is 0 Å². The van der Waals surface area contributed by atoms with Crippen LogP contribution in [0.2, 0.25) is 0 Å². The largest absolute Gasteiger partial charge is 0.321 e. The highest BCUT2D eigenvalue weighted by molar-refractivity contribution is 6.02. The molecule has 4 nitrogen and oxygen atoms in total. The minimum Gasteiger partial charge on any atom is -0.321 e. The van der Waals surface area contributed by atoms with E-state index in [0.717, 1.165) is 17.7 Å². The van der Waals surface area contributed by atoms with Crippen LogP contribution in [0.3, 0.4) is 0 Å². The second-order valence-electron chi connectivity index (χ2n) is 5.13. The van der Waals surface area contributed by atoms with Crippen molar-refractivity contribution in [1.82, 2.24) is 9.78 Å².